The second-order valence-corrected chi connectivity index (χ2v) is 8.87. The van der Waals surface area contributed by atoms with E-state index in [2.05, 4.69) is 20.3 Å². The zero-order valence-corrected chi connectivity index (χ0v) is 21.1. The summed E-state index contributed by atoms with van der Waals surface area (Å²) in [6.07, 6.45) is 3.16. The highest BCUT2D eigenvalue weighted by Gasteiger charge is 2.30. The quantitative estimate of drug-likeness (QED) is 0.378. The molecular formula is C26H28N6O5. The molecule has 0 aliphatic carbocycles. The number of aromatic nitrogens is 4. The van der Waals surface area contributed by atoms with Crippen molar-refractivity contribution in [3.63, 3.8) is 0 Å². The molecule has 0 radical (unpaired) electrons. The summed E-state index contributed by atoms with van der Waals surface area (Å²) in [5, 5.41) is 7.60. The number of benzene rings is 1. The second kappa shape index (κ2) is 9.84. The Morgan fingerprint density at radius 1 is 1.19 bits per heavy atom. The lowest BCUT2D eigenvalue weighted by molar-refractivity contribution is 0.0602. The first kappa shape index (κ1) is 24.2. The average Bonchev–Trinajstić information content (AvgIpc) is 3.33. The molecule has 5 rings (SSSR count). The number of nitrogens with one attached hydrogen (secondary N) is 1. The van der Waals surface area contributed by atoms with Gasteiger partial charge in [0.1, 0.15) is 23.6 Å². The van der Waals surface area contributed by atoms with Crippen LogP contribution in [0.25, 0.3) is 5.65 Å². The van der Waals surface area contributed by atoms with Crippen molar-refractivity contribution in [2.45, 2.75) is 26.4 Å². The zero-order valence-electron chi connectivity index (χ0n) is 21.1. The van der Waals surface area contributed by atoms with Crippen LogP contribution in [0.1, 0.15) is 35.8 Å². The summed E-state index contributed by atoms with van der Waals surface area (Å²) in [5.41, 5.74) is 1.69. The topological polar surface area (TPSA) is 112 Å². The second-order valence-electron chi connectivity index (χ2n) is 8.87. The van der Waals surface area contributed by atoms with Crippen molar-refractivity contribution in [1.82, 2.24) is 19.2 Å². The van der Waals surface area contributed by atoms with E-state index in [1.54, 1.807) is 34.5 Å². The van der Waals surface area contributed by atoms with Crippen LogP contribution in [0.2, 0.25) is 0 Å². The summed E-state index contributed by atoms with van der Waals surface area (Å²) in [7, 11) is 2.94. The number of methoxy groups -OCH3 is 2. The minimum absolute atomic E-state index is 0.0180. The molecule has 1 aromatic carbocycles. The van der Waals surface area contributed by atoms with Crippen LogP contribution in [-0.4, -0.2) is 52.5 Å². The molecule has 11 heteroatoms. The minimum Gasteiger partial charge on any atom is -0.497 e. The molecule has 4 heterocycles. The lowest BCUT2D eigenvalue weighted by atomic mass is 10.2. The molecule has 0 saturated carbocycles. The molecule has 0 bridgehead atoms. The monoisotopic (exact) mass is 504 g/mol. The molecule has 1 aliphatic heterocycles. The number of carbonyl (C=O) groups excluding carboxylic acids is 1. The number of ether oxygens (including phenoxy) is 3. The van der Waals surface area contributed by atoms with Crippen molar-refractivity contribution < 1.29 is 19.0 Å². The number of anilines is 3. The third kappa shape index (κ3) is 4.44. The van der Waals surface area contributed by atoms with Gasteiger partial charge in [-0.1, -0.05) is 12.1 Å². The van der Waals surface area contributed by atoms with Crippen molar-refractivity contribution in [1.29, 1.82) is 0 Å². The number of hydrogen-bond donors (Lipinski definition) is 1. The molecule has 0 unspecified atom stereocenters. The third-order valence-corrected chi connectivity index (χ3v) is 6.21. The van der Waals surface area contributed by atoms with E-state index in [1.165, 1.54) is 13.3 Å². The Hall–Kier alpha value is -4.54. The molecule has 11 nitrogen and oxygen atoms in total. The molecule has 0 spiro atoms. The minimum atomic E-state index is -0.561. The summed E-state index contributed by atoms with van der Waals surface area (Å²) in [6.45, 7) is 5.41. The molecule has 4 aromatic rings. The van der Waals surface area contributed by atoms with Gasteiger partial charge in [-0.05, 0) is 43.7 Å². The van der Waals surface area contributed by atoms with Gasteiger partial charge in [-0.25, -0.2) is 9.78 Å². The lowest BCUT2D eigenvalue weighted by Gasteiger charge is -2.32. The Balaban J connectivity index is 1.65. The van der Waals surface area contributed by atoms with Crippen molar-refractivity contribution >= 4 is 28.9 Å². The molecule has 0 amide bonds. The number of esters is 1. The van der Waals surface area contributed by atoms with Crippen LogP contribution >= 0.6 is 0 Å². The van der Waals surface area contributed by atoms with Crippen LogP contribution in [0.4, 0.5) is 17.3 Å². The fourth-order valence-corrected chi connectivity index (χ4v) is 4.32. The highest BCUT2D eigenvalue weighted by molar-refractivity contribution is 5.96. The number of rotatable bonds is 7. The van der Waals surface area contributed by atoms with Crippen molar-refractivity contribution in [3.05, 3.63) is 70.3 Å². The molecule has 0 atom stereocenters. The maximum atomic E-state index is 13.1. The van der Waals surface area contributed by atoms with Gasteiger partial charge in [-0.2, -0.15) is 9.61 Å². The van der Waals surface area contributed by atoms with E-state index in [0.717, 1.165) is 11.3 Å². The van der Waals surface area contributed by atoms with Crippen LogP contribution in [0.15, 0.2) is 53.6 Å². The van der Waals surface area contributed by atoms with Crippen LogP contribution in [-0.2, 0) is 11.3 Å². The van der Waals surface area contributed by atoms with Gasteiger partial charge in [0.15, 0.2) is 17.3 Å². The first-order valence-corrected chi connectivity index (χ1v) is 11.9. The summed E-state index contributed by atoms with van der Waals surface area (Å²) in [5.74, 6) is 1.57. The summed E-state index contributed by atoms with van der Waals surface area (Å²) >= 11 is 0. The van der Waals surface area contributed by atoms with E-state index >= 15 is 0 Å². The molecule has 1 aliphatic rings. The molecular weight excluding hydrogens is 476 g/mol. The van der Waals surface area contributed by atoms with Crippen molar-refractivity contribution in [2.24, 2.45) is 0 Å². The predicted octanol–water partition coefficient (Wildman–Crippen LogP) is 3.41. The first-order chi connectivity index (χ1) is 17.9. The fraction of sp³-hybridized carbons (Fsp3) is 0.308. The van der Waals surface area contributed by atoms with Crippen LogP contribution in [0, 0.1) is 0 Å². The summed E-state index contributed by atoms with van der Waals surface area (Å²) in [6, 6.07) is 11.3. The van der Waals surface area contributed by atoms with Gasteiger partial charge in [-0.15, -0.1) is 0 Å². The average molecular weight is 505 g/mol. The molecule has 0 saturated heterocycles. The first-order valence-electron chi connectivity index (χ1n) is 11.9. The van der Waals surface area contributed by atoms with Gasteiger partial charge >= 0.3 is 5.97 Å². The number of fused-ring (bicyclic) bond motifs is 3. The smallest absolute Gasteiger partial charge is 0.343 e. The van der Waals surface area contributed by atoms with Gasteiger partial charge < -0.3 is 29.0 Å². The zero-order chi connectivity index (χ0) is 26.1. The lowest BCUT2D eigenvalue weighted by Crippen LogP contribution is -2.35. The van der Waals surface area contributed by atoms with Gasteiger partial charge in [0, 0.05) is 18.8 Å². The van der Waals surface area contributed by atoms with E-state index in [0.29, 0.717) is 48.4 Å². The van der Waals surface area contributed by atoms with Gasteiger partial charge in [-0.3, -0.25) is 4.79 Å². The molecule has 192 valence electrons. The Morgan fingerprint density at radius 3 is 2.68 bits per heavy atom. The van der Waals surface area contributed by atoms with Crippen LogP contribution in [0.3, 0.4) is 0 Å². The SMILES string of the molecule is COC(=O)c1cnn2c3c(c(Nc4cccn(C(C)C)c4=O)nc12)OCCN3Cc1ccc(OC)cc1. The van der Waals surface area contributed by atoms with E-state index in [9.17, 15) is 9.59 Å². The number of carbonyl (C=O) groups is 1. The molecule has 1 N–H and O–H groups in total. The normalized spacial score (nSPS) is 12.8. The van der Waals surface area contributed by atoms with Crippen molar-refractivity contribution in [3.8, 4) is 11.5 Å². The number of nitrogens with zero attached hydrogens (tertiary/aromatic N) is 5. The number of pyridine rings is 1. The van der Waals surface area contributed by atoms with Crippen LogP contribution in [0.5, 0.6) is 11.5 Å². The van der Waals surface area contributed by atoms with Crippen LogP contribution < -0.4 is 25.2 Å². The highest BCUT2D eigenvalue weighted by Crippen LogP contribution is 2.40. The van der Waals surface area contributed by atoms with E-state index in [-0.39, 0.29) is 17.2 Å². The Bertz CT molecular complexity index is 1510. The molecule has 0 fully saturated rings. The van der Waals surface area contributed by atoms with Gasteiger partial charge in [0.05, 0.1) is 27.0 Å². The Morgan fingerprint density at radius 2 is 1.97 bits per heavy atom. The highest BCUT2D eigenvalue weighted by atomic mass is 16.5. The molecule has 37 heavy (non-hydrogen) atoms. The maximum Gasteiger partial charge on any atom is 0.343 e. The Kier molecular flexibility index (Phi) is 6.43. The van der Waals surface area contributed by atoms with Crippen molar-refractivity contribution in [2.75, 3.05) is 37.6 Å². The Labute approximate surface area is 213 Å². The summed E-state index contributed by atoms with van der Waals surface area (Å²) < 4.78 is 19.5. The number of hydrogen-bond acceptors (Lipinski definition) is 9. The van der Waals surface area contributed by atoms with E-state index in [4.69, 9.17) is 14.2 Å². The van der Waals surface area contributed by atoms with Gasteiger partial charge in [0.25, 0.3) is 5.56 Å². The molecule has 3 aromatic heterocycles. The fourth-order valence-electron chi connectivity index (χ4n) is 4.32. The maximum absolute atomic E-state index is 13.1. The van der Waals surface area contributed by atoms with E-state index < -0.39 is 5.97 Å². The standard InChI is InChI=1S/C26H28N6O5/c1-16(2)31-11-5-6-20(25(31)33)28-22-21-24(32-23(29-22)19(14-27-32)26(34)36-4)30(12-13-37-21)15-17-7-9-18(35-3)10-8-17/h5-11,14,16H,12-13,15H2,1-4H3,(H,28,29). The predicted molar refractivity (Wildman–Crippen MR) is 138 cm³/mol. The largest absolute Gasteiger partial charge is 0.497 e. The third-order valence-electron chi connectivity index (χ3n) is 6.21. The van der Waals surface area contributed by atoms with E-state index in [1.807, 2.05) is 38.1 Å². The summed E-state index contributed by atoms with van der Waals surface area (Å²) in [4.78, 5) is 32.4. The van der Waals surface area contributed by atoms with Gasteiger partial charge in [0.2, 0.25) is 5.75 Å².